The topological polar surface area (TPSA) is 105 Å². The Balaban J connectivity index is 1.53. The van der Waals surface area contributed by atoms with E-state index in [-0.39, 0.29) is 24.5 Å². The van der Waals surface area contributed by atoms with Crippen molar-refractivity contribution in [1.29, 1.82) is 0 Å². The van der Waals surface area contributed by atoms with Gasteiger partial charge in [0.05, 0.1) is 5.54 Å². The molecule has 0 unspecified atom stereocenters. The molecule has 2 aliphatic rings. The largest absolute Gasteiger partial charge is 0.444 e. The average molecular weight is 592 g/mol. The van der Waals surface area contributed by atoms with Crippen LogP contribution in [0, 0.1) is 5.92 Å². The fourth-order valence-electron chi connectivity index (χ4n) is 7.42. The summed E-state index contributed by atoms with van der Waals surface area (Å²) in [6.07, 6.45) is 4.32. The number of nitrogens with zero attached hydrogens (tertiary/aromatic N) is 1. The van der Waals surface area contributed by atoms with Crippen molar-refractivity contribution in [2.24, 2.45) is 11.7 Å². The van der Waals surface area contributed by atoms with Gasteiger partial charge in [0.25, 0.3) is 0 Å². The summed E-state index contributed by atoms with van der Waals surface area (Å²) in [6, 6.07) is 24.7. The number of rotatable bonds is 6. The van der Waals surface area contributed by atoms with Crippen LogP contribution in [0.1, 0.15) is 80.9 Å². The molecule has 1 saturated carbocycles. The third-order valence-electron chi connectivity index (χ3n) is 9.33. The number of aromatic amines is 1. The second kappa shape index (κ2) is 11.6. The van der Waals surface area contributed by atoms with Crippen LogP contribution in [0.3, 0.4) is 0 Å². The lowest BCUT2D eigenvalue weighted by atomic mass is 9.65. The van der Waals surface area contributed by atoms with Crippen molar-refractivity contribution in [3.8, 4) is 11.1 Å². The van der Waals surface area contributed by atoms with Gasteiger partial charge in [0.2, 0.25) is 5.91 Å². The Morgan fingerprint density at radius 1 is 0.886 bits per heavy atom. The number of hydrogen-bond donors (Lipinski definition) is 2. The molecule has 3 aromatic carbocycles. The SMILES string of the molecule is CC(C)(C)OC(=O)N1[C@@H](C(N)=O)Cc2c([nH]c3ccccc23)[C@]1(CC(=O)c1ccc(-c2ccccc2)cc1)C1CCCCC1. The van der Waals surface area contributed by atoms with Crippen molar-refractivity contribution >= 4 is 28.7 Å². The minimum Gasteiger partial charge on any atom is -0.444 e. The van der Waals surface area contributed by atoms with Gasteiger partial charge in [0, 0.05) is 35.0 Å². The molecule has 228 valence electrons. The van der Waals surface area contributed by atoms with Crippen LogP contribution in [-0.4, -0.2) is 39.3 Å². The van der Waals surface area contributed by atoms with Gasteiger partial charge in [-0.1, -0.05) is 92.1 Å². The summed E-state index contributed by atoms with van der Waals surface area (Å²) in [6.45, 7) is 5.43. The molecule has 0 spiro atoms. The van der Waals surface area contributed by atoms with E-state index >= 15 is 0 Å². The quantitative estimate of drug-likeness (QED) is 0.226. The first kappa shape index (κ1) is 29.7. The van der Waals surface area contributed by atoms with Crippen LogP contribution in [0.4, 0.5) is 4.79 Å². The van der Waals surface area contributed by atoms with Gasteiger partial charge in [0.1, 0.15) is 11.6 Å². The van der Waals surface area contributed by atoms with Gasteiger partial charge in [0.15, 0.2) is 5.78 Å². The minimum absolute atomic E-state index is 0.00515. The Morgan fingerprint density at radius 2 is 1.52 bits per heavy atom. The van der Waals surface area contributed by atoms with E-state index < -0.39 is 29.2 Å². The normalized spacial score (nSPS) is 20.7. The molecule has 2 heterocycles. The first-order valence-electron chi connectivity index (χ1n) is 15.7. The molecule has 7 nitrogen and oxygen atoms in total. The van der Waals surface area contributed by atoms with Gasteiger partial charge in [-0.05, 0) is 62.3 Å². The van der Waals surface area contributed by atoms with Crippen LogP contribution in [0.5, 0.6) is 0 Å². The van der Waals surface area contributed by atoms with Crippen LogP contribution < -0.4 is 5.73 Å². The zero-order valence-electron chi connectivity index (χ0n) is 25.8. The number of Topliss-reactive ketones (excluding diaryl/α,β-unsaturated/α-hetero) is 1. The van der Waals surface area contributed by atoms with E-state index in [0.29, 0.717) is 5.56 Å². The number of nitrogens with one attached hydrogen (secondary N) is 1. The Morgan fingerprint density at radius 3 is 2.18 bits per heavy atom. The van der Waals surface area contributed by atoms with E-state index in [0.717, 1.165) is 65.4 Å². The van der Waals surface area contributed by atoms with Crippen molar-refractivity contribution in [1.82, 2.24) is 9.88 Å². The maximum absolute atomic E-state index is 14.5. The maximum atomic E-state index is 14.5. The summed E-state index contributed by atoms with van der Waals surface area (Å²) in [4.78, 5) is 47.2. The van der Waals surface area contributed by atoms with E-state index in [1.54, 1.807) is 4.90 Å². The van der Waals surface area contributed by atoms with Crippen LogP contribution >= 0.6 is 0 Å². The van der Waals surface area contributed by atoms with E-state index in [2.05, 4.69) is 4.98 Å². The number of para-hydroxylation sites is 1. The molecule has 1 aromatic heterocycles. The molecule has 3 N–H and O–H groups in total. The third-order valence-corrected chi connectivity index (χ3v) is 9.33. The molecule has 1 fully saturated rings. The van der Waals surface area contributed by atoms with Gasteiger partial charge >= 0.3 is 6.09 Å². The minimum atomic E-state index is -1.15. The van der Waals surface area contributed by atoms with Crippen LogP contribution in [0.15, 0.2) is 78.9 Å². The van der Waals surface area contributed by atoms with Gasteiger partial charge in [-0.3, -0.25) is 14.5 Å². The zero-order chi connectivity index (χ0) is 31.1. The standard InChI is InChI=1S/C37H41N3O4/c1-36(2,3)44-35(43)40-31(34(38)42)22-29-28-16-10-11-17-30(28)39-33(29)37(40,27-14-8-5-9-15-27)23-32(41)26-20-18-25(19-21-26)24-12-6-4-7-13-24/h4,6-7,10-13,16-21,27,31,39H,5,8-9,14-15,22-23H2,1-3H3,(H2,38,42)/t31-,37+/m1/s1. The Labute approximate surface area is 258 Å². The maximum Gasteiger partial charge on any atom is 0.411 e. The fourth-order valence-corrected chi connectivity index (χ4v) is 7.42. The van der Waals surface area contributed by atoms with Crippen molar-refractivity contribution in [2.45, 2.75) is 82.9 Å². The Kier molecular flexibility index (Phi) is 7.82. The number of hydrogen-bond acceptors (Lipinski definition) is 4. The molecule has 2 atom stereocenters. The van der Waals surface area contributed by atoms with Gasteiger partial charge in [-0.25, -0.2) is 4.79 Å². The zero-order valence-corrected chi connectivity index (χ0v) is 25.8. The number of carbonyl (C=O) groups is 3. The summed E-state index contributed by atoms with van der Waals surface area (Å²) in [7, 11) is 0. The van der Waals surface area contributed by atoms with E-state index in [4.69, 9.17) is 10.5 Å². The average Bonchev–Trinajstić information content (AvgIpc) is 3.40. The van der Waals surface area contributed by atoms with Crippen LogP contribution in [0.25, 0.3) is 22.0 Å². The highest BCUT2D eigenvalue weighted by atomic mass is 16.6. The highest BCUT2D eigenvalue weighted by molar-refractivity contribution is 5.99. The molecule has 44 heavy (non-hydrogen) atoms. The third kappa shape index (κ3) is 5.40. The molecule has 6 rings (SSSR count). The fraction of sp³-hybridized carbons (Fsp3) is 0.378. The smallest absolute Gasteiger partial charge is 0.411 e. The number of benzene rings is 3. The molecule has 4 aromatic rings. The number of ether oxygens (including phenoxy) is 1. The molecule has 1 aliphatic heterocycles. The summed E-state index contributed by atoms with van der Waals surface area (Å²) in [5, 5.41) is 0.984. The molecule has 0 radical (unpaired) electrons. The number of amides is 2. The van der Waals surface area contributed by atoms with Crippen molar-refractivity contribution in [2.75, 3.05) is 0 Å². The number of carbonyl (C=O) groups excluding carboxylic acids is 3. The number of aromatic nitrogens is 1. The van der Waals surface area contributed by atoms with Gasteiger partial charge in [-0.2, -0.15) is 0 Å². The molecular formula is C37H41N3O4. The van der Waals surface area contributed by atoms with Crippen molar-refractivity contribution < 1.29 is 19.1 Å². The Bertz CT molecular complexity index is 1680. The monoisotopic (exact) mass is 591 g/mol. The second-order valence-electron chi connectivity index (χ2n) is 13.3. The van der Waals surface area contributed by atoms with Crippen molar-refractivity contribution in [3.05, 3.63) is 95.7 Å². The first-order valence-corrected chi connectivity index (χ1v) is 15.7. The van der Waals surface area contributed by atoms with Gasteiger partial charge < -0.3 is 15.5 Å². The molecule has 1 aliphatic carbocycles. The highest BCUT2D eigenvalue weighted by Crippen LogP contribution is 2.52. The molecule has 0 saturated heterocycles. The molecule has 0 bridgehead atoms. The Hall–Kier alpha value is -4.39. The summed E-state index contributed by atoms with van der Waals surface area (Å²) in [5.74, 6) is -0.782. The molecule has 2 amide bonds. The predicted molar refractivity (Wildman–Crippen MR) is 172 cm³/mol. The highest BCUT2D eigenvalue weighted by Gasteiger charge is 2.58. The summed E-state index contributed by atoms with van der Waals surface area (Å²) >= 11 is 0. The summed E-state index contributed by atoms with van der Waals surface area (Å²) in [5.41, 5.74) is 9.47. The number of fused-ring (bicyclic) bond motifs is 3. The van der Waals surface area contributed by atoms with Crippen molar-refractivity contribution in [3.63, 3.8) is 0 Å². The van der Waals surface area contributed by atoms with E-state index in [9.17, 15) is 14.4 Å². The van der Waals surface area contributed by atoms with E-state index in [1.807, 2.05) is 99.6 Å². The predicted octanol–water partition coefficient (Wildman–Crippen LogP) is 7.53. The van der Waals surface area contributed by atoms with Crippen LogP contribution in [0.2, 0.25) is 0 Å². The molecular weight excluding hydrogens is 550 g/mol. The molecule has 7 heteroatoms. The number of primary amides is 1. The van der Waals surface area contributed by atoms with Gasteiger partial charge in [-0.15, -0.1) is 0 Å². The number of ketones is 1. The lowest BCUT2D eigenvalue weighted by Gasteiger charge is -2.54. The van der Waals surface area contributed by atoms with Crippen LogP contribution in [-0.2, 0) is 21.5 Å². The lowest BCUT2D eigenvalue weighted by molar-refractivity contribution is -0.129. The number of H-pyrrole nitrogens is 1. The first-order chi connectivity index (χ1) is 21.1. The second-order valence-corrected chi connectivity index (χ2v) is 13.3. The summed E-state index contributed by atoms with van der Waals surface area (Å²) < 4.78 is 6.00. The number of nitrogens with two attached hydrogens (primary N) is 1. The lowest BCUT2D eigenvalue weighted by Crippen LogP contribution is -2.66. The van der Waals surface area contributed by atoms with E-state index in [1.165, 1.54) is 0 Å².